The summed E-state index contributed by atoms with van der Waals surface area (Å²) in [5, 5.41) is 7.29. The predicted octanol–water partition coefficient (Wildman–Crippen LogP) is 5.45. The van der Waals surface area contributed by atoms with Gasteiger partial charge in [0.15, 0.2) is 0 Å². The van der Waals surface area contributed by atoms with E-state index in [4.69, 9.17) is 0 Å². The fraction of sp³-hybridized carbons (Fsp3) is 0.579. The molecule has 1 aromatic carbocycles. The molecular weight excluding hydrogens is 256 g/mol. The van der Waals surface area contributed by atoms with Crippen molar-refractivity contribution < 1.29 is 0 Å². The van der Waals surface area contributed by atoms with E-state index >= 15 is 0 Å². The van der Waals surface area contributed by atoms with Crippen molar-refractivity contribution in [1.29, 1.82) is 0 Å². The molecule has 1 aliphatic heterocycles. The Morgan fingerprint density at radius 3 is 2.43 bits per heavy atom. The van der Waals surface area contributed by atoms with Crippen LogP contribution < -0.4 is 10.6 Å². The number of benzene rings is 1. The van der Waals surface area contributed by atoms with Crippen molar-refractivity contribution in [3.63, 3.8) is 0 Å². The van der Waals surface area contributed by atoms with Crippen molar-refractivity contribution in [2.24, 2.45) is 5.92 Å². The molecule has 0 bridgehead atoms. The predicted molar refractivity (Wildman–Crippen MR) is 95.1 cm³/mol. The molecule has 0 saturated carbocycles. The molecule has 2 rings (SSSR count). The molecule has 2 heteroatoms. The number of hydrogen-bond donors (Lipinski definition) is 2. The Bertz CT molecular complexity index is 553. The van der Waals surface area contributed by atoms with Crippen molar-refractivity contribution in [2.75, 3.05) is 10.6 Å². The third kappa shape index (κ3) is 3.81. The summed E-state index contributed by atoms with van der Waals surface area (Å²) in [5.41, 5.74) is 6.54. The van der Waals surface area contributed by atoms with Gasteiger partial charge in [0.05, 0.1) is 5.54 Å². The molecule has 2 nitrogen and oxygen atoms in total. The average Bonchev–Trinajstić information content (AvgIpc) is 2.28. The van der Waals surface area contributed by atoms with Gasteiger partial charge in [-0.3, -0.25) is 0 Å². The van der Waals surface area contributed by atoms with Gasteiger partial charge in [-0.05, 0) is 70.2 Å². The minimum absolute atomic E-state index is 0.0295. The molecule has 0 saturated heterocycles. The average molecular weight is 286 g/mol. The van der Waals surface area contributed by atoms with Crippen LogP contribution in [0.5, 0.6) is 0 Å². The van der Waals surface area contributed by atoms with Gasteiger partial charge in [0.25, 0.3) is 0 Å². The van der Waals surface area contributed by atoms with Crippen molar-refractivity contribution in [1.82, 2.24) is 0 Å². The fourth-order valence-electron chi connectivity index (χ4n) is 3.38. The first-order chi connectivity index (χ1) is 9.68. The van der Waals surface area contributed by atoms with Crippen LogP contribution >= 0.6 is 0 Å². The van der Waals surface area contributed by atoms with Gasteiger partial charge in [-0.1, -0.05) is 19.9 Å². The molecular formula is C19H30N2. The Labute approximate surface area is 130 Å². The molecule has 0 amide bonds. The topological polar surface area (TPSA) is 24.1 Å². The van der Waals surface area contributed by atoms with Gasteiger partial charge in [0.1, 0.15) is 0 Å². The standard InChI is InChI=1S/C19H30N2/c1-12(2)8-15(5)20-16-9-13(3)18-17(10-16)14(4)11-19(6,7)21-18/h9-12,15,20-21H,8H2,1-7H3. The minimum Gasteiger partial charge on any atom is -0.383 e. The van der Waals surface area contributed by atoms with Gasteiger partial charge >= 0.3 is 0 Å². The number of hydrogen-bond acceptors (Lipinski definition) is 2. The van der Waals surface area contributed by atoms with E-state index in [1.165, 1.54) is 34.5 Å². The monoisotopic (exact) mass is 286 g/mol. The first kappa shape index (κ1) is 15.9. The molecule has 0 aliphatic carbocycles. The molecule has 1 atom stereocenters. The van der Waals surface area contributed by atoms with Gasteiger partial charge < -0.3 is 10.6 Å². The van der Waals surface area contributed by atoms with Crippen molar-refractivity contribution in [2.45, 2.75) is 66.5 Å². The van der Waals surface area contributed by atoms with Gasteiger partial charge in [-0.15, -0.1) is 0 Å². The highest BCUT2D eigenvalue weighted by Crippen LogP contribution is 2.37. The molecule has 1 unspecified atom stereocenters. The summed E-state index contributed by atoms with van der Waals surface area (Å²) in [6, 6.07) is 5.05. The highest BCUT2D eigenvalue weighted by molar-refractivity contribution is 5.84. The van der Waals surface area contributed by atoms with Gasteiger partial charge in [0, 0.05) is 23.0 Å². The Hall–Kier alpha value is -1.44. The Balaban J connectivity index is 2.29. The SMILES string of the molecule is CC1=CC(C)(C)Nc2c(C)cc(NC(C)CC(C)C)cc21. The van der Waals surface area contributed by atoms with Crippen molar-refractivity contribution in [3.8, 4) is 0 Å². The Morgan fingerprint density at radius 2 is 1.81 bits per heavy atom. The summed E-state index contributed by atoms with van der Waals surface area (Å²) in [4.78, 5) is 0. The maximum absolute atomic E-state index is 3.65. The fourth-order valence-corrected chi connectivity index (χ4v) is 3.38. The van der Waals surface area contributed by atoms with Gasteiger partial charge in [-0.25, -0.2) is 0 Å². The van der Waals surface area contributed by atoms with E-state index in [-0.39, 0.29) is 5.54 Å². The van der Waals surface area contributed by atoms with E-state index in [2.05, 4.69) is 77.3 Å². The molecule has 1 aromatic rings. The second-order valence-electron chi connectivity index (χ2n) is 7.56. The van der Waals surface area contributed by atoms with E-state index in [0.717, 1.165) is 5.92 Å². The first-order valence-corrected chi connectivity index (χ1v) is 8.07. The van der Waals surface area contributed by atoms with Crippen LogP contribution in [0.25, 0.3) is 5.57 Å². The Kier molecular flexibility index (Phi) is 4.36. The van der Waals surface area contributed by atoms with Crippen LogP contribution in [0, 0.1) is 12.8 Å². The normalized spacial score (nSPS) is 17.8. The van der Waals surface area contributed by atoms with E-state index in [1.54, 1.807) is 0 Å². The first-order valence-electron chi connectivity index (χ1n) is 8.07. The molecule has 0 fully saturated rings. The van der Waals surface area contributed by atoms with Crippen LogP contribution in [0.3, 0.4) is 0 Å². The lowest BCUT2D eigenvalue weighted by atomic mass is 9.89. The smallest absolute Gasteiger partial charge is 0.0506 e. The molecule has 21 heavy (non-hydrogen) atoms. The molecule has 2 N–H and O–H groups in total. The van der Waals surface area contributed by atoms with Crippen molar-refractivity contribution >= 4 is 16.9 Å². The van der Waals surface area contributed by atoms with E-state index < -0.39 is 0 Å². The number of fused-ring (bicyclic) bond motifs is 1. The lowest BCUT2D eigenvalue weighted by molar-refractivity contribution is 0.540. The second-order valence-corrected chi connectivity index (χ2v) is 7.56. The lowest BCUT2D eigenvalue weighted by Gasteiger charge is -2.33. The number of aryl methyl sites for hydroxylation is 1. The number of rotatable bonds is 4. The highest BCUT2D eigenvalue weighted by atomic mass is 15.0. The summed E-state index contributed by atoms with van der Waals surface area (Å²) in [6.45, 7) is 15.6. The summed E-state index contributed by atoms with van der Waals surface area (Å²) in [5.74, 6) is 0.718. The molecule has 0 aromatic heterocycles. The maximum Gasteiger partial charge on any atom is 0.0506 e. The number of allylic oxidation sites excluding steroid dienone is 1. The van der Waals surface area contributed by atoms with E-state index in [9.17, 15) is 0 Å². The van der Waals surface area contributed by atoms with Gasteiger partial charge in [0.2, 0.25) is 0 Å². The lowest BCUT2D eigenvalue weighted by Crippen LogP contribution is -2.32. The zero-order chi connectivity index (χ0) is 15.8. The molecule has 1 heterocycles. The summed E-state index contributed by atoms with van der Waals surface area (Å²) in [7, 11) is 0. The summed E-state index contributed by atoms with van der Waals surface area (Å²) >= 11 is 0. The van der Waals surface area contributed by atoms with Crippen LogP contribution in [0.15, 0.2) is 18.2 Å². The third-order valence-electron chi connectivity index (χ3n) is 4.02. The van der Waals surface area contributed by atoms with Gasteiger partial charge in [-0.2, -0.15) is 0 Å². The zero-order valence-electron chi connectivity index (χ0n) is 14.6. The maximum atomic E-state index is 3.65. The number of nitrogens with one attached hydrogen (secondary N) is 2. The quantitative estimate of drug-likeness (QED) is 0.769. The third-order valence-corrected chi connectivity index (χ3v) is 4.02. The molecule has 0 radical (unpaired) electrons. The molecule has 116 valence electrons. The highest BCUT2D eigenvalue weighted by Gasteiger charge is 2.24. The number of anilines is 2. The van der Waals surface area contributed by atoms with Crippen LogP contribution in [-0.2, 0) is 0 Å². The largest absolute Gasteiger partial charge is 0.383 e. The second kappa shape index (κ2) is 5.75. The molecule has 0 spiro atoms. The minimum atomic E-state index is 0.0295. The van der Waals surface area contributed by atoms with Crippen LogP contribution in [0.1, 0.15) is 59.1 Å². The van der Waals surface area contributed by atoms with Crippen LogP contribution in [-0.4, -0.2) is 11.6 Å². The van der Waals surface area contributed by atoms with E-state index in [1.807, 2.05) is 0 Å². The molecule has 1 aliphatic rings. The van der Waals surface area contributed by atoms with Crippen LogP contribution in [0.4, 0.5) is 11.4 Å². The zero-order valence-corrected chi connectivity index (χ0v) is 14.6. The summed E-state index contributed by atoms with van der Waals surface area (Å²) in [6.07, 6.45) is 3.51. The van der Waals surface area contributed by atoms with Crippen LogP contribution in [0.2, 0.25) is 0 Å². The summed E-state index contributed by atoms with van der Waals surface area (Å²) < 4.78 is 0. The Morgan fingerprint density at radius 1 is 1.14 bits per heavy atom. The van der Waals surface area contributed by atoms with Crippen molar-refractivity contribution in [3.05, 3.63) is 29.3 Å². The van der Waals surface area contributed by atoms with E-state index in [0.29, 0.717) is 6.04 Å².